The Labute approximate surface area is 456 Å². The number of aliphatic carboxylic acids is 1. The number of ether oxygens (including phenoxy) is 1. The van der Waals surface area contributed by atoms with Crippen LogP contribution in [0, 0.1) is 29.6 Å². The second-order valence-electron chi connectivity index (χ2n) is 25.2. The summed E-state index contributed by atoms with van der Waals surface area (Å²) in [6.07, 6.45) is 39.8. The van der Waals surface area contributed by atoms with Gasteiger partial charge in [-0.25, -0.2) is 0 Å². The van der Waals surface area contributed by atoms with Crippen molar-refractivity contribution in [1.82, 2.24) is 10.1 Å². The summed E-state index contributed by atoms with van der Waals surface area (Å²) in [5.74, 6) is -0.185. The predicted octanol–water partition coefficient (Wildman–Crippen LogP) is 18.3. The summed E-state index contributed by atoms with van der Waals surface area (Å²) in [6.45, 7) is 29.5. The van der Waals surface area contributed by atoms with E-state index in [0.29, 0.717) is 38.5 Å². The zero-order valence-corrected chi connectivity index (χ0v) is 51.0. The molecule has 0 spiro atoms. The first-order valence-electron chi connectivity index (χ1n) is 31.6. The van der Waals surface area contributed by atoms with Gasteiger partial charge in [-0.3, -0.25) is 19.2 Å². The van der Waals surface area contributed by atoms with Gasteiger partial charge in [0.25, 0.3) is 0 Å². The molecule has 2 aliphatic rings. The lowest BCUT2D eigenvalue weighted by Crippen LogP contribution is -2.77. The summed E-state index contributed by atoms with van der Waals surface area (Å²) < 4.78 is 7.28. The average Bonchev–Trinajstić information content (AvgIpc) is 3.36. The van der Waals surface area contributed by atoms with Crippen LogP contribution in [0.15, 0.2) is 0 Å². The Kier molecular flexibility index (Phi) is 31.8. The highest BCUT2D eigenvalue weighted by Crippen LogP contribution is 2.61. The van der Waals surface area contributed by atoms with E-state index < -0.39 is 33.7 Å². The van der Waals surface area contributed by atoms with E-state index in [0.717, 1.165) is 63.2 Å². The number of carboxylic acid groups (broad SMARTS) is 1. The fourth-order valence-corrected chi connectivity index (χ4v) is 14.2. The van der Waals surface area contributed by atoms with Crippen LogP contribution in [0.1, 0.15) is 328 Å². The first kappa shape index (κ1) is 67.9. The first-order valence-corrected chi connectivity index (χ1v) is 31.6. The van der Waals surface area contributed by atoms with Crippen molar-refractivity contribution in [3.05, 3.63) is 0 Å². The number of carbonyl (C=O) groups is 4. The van der Waals surface area contributed by atoms with Gasteiger partial charge < -0.3 is 19.5 Å². The molecule has 1 N–H and O–H groups in total. The Morgan fingerprint density at radius 3 is 1.23 bits per heavy atom. The Morgan fingerprint density at radius 1 is 0.500 bits per heavy atom. The molecule has 0 saturated carbocycles. The van der Waals surface area contributed by atoms with Crippen molar-refractivity contribution in [3.8, 4) is 0 Å². The van der Waals surface area contributed by atoms with Gasteiger partial charge >= 0.3 is 23.9 Å². The molecule has 2 fully saturated rings. The SMILES string of the molecule is CCCCCCCCCC(CCCCCCCC(=O)O)C(CCCCCCCCC)CCCCCCCC(=O)OC1(C2CC(C)(CC)N(OC(C)=O)C(C)(CC)C2C)CC(C)(CC)N(OC(C)=O)C(C)(CC)C1C. The summed E-state index contributed by atoms with van der Waals surface area (Å²) in [7, 11) is 0. The lowest BCUT2D eigenvalue weighted by Gasteiger charge is -2.68. The minimum Gasteiger partial charge on any atom is -0.481 e. The number of hydroxylamine groups is 4. The van der Waals surface area contributed by atoms with E-state index in [9.17, 15) is 19.2 Å². The number of unbranched alkanes of at least 4 members (excludes halogenated alkanes) is 20. The van der Waals surface area contributed by atoms with Crippen molar-refractivity contribution in [2.75, 3.05) is 0 Å². The van der Waals surface area contributed by atoms with E-state index in [1.54, 1.807) is 0 Å². The summed E-state index contributed by atoms with van der Waals surface area (Å²) in [5, 5.41) is 13.1. The van der Waals surface area contributed by atoms with Gasteiger partial charge in [0.1, 0.15) is 5.60 Å². The molecule has 0 aromatic carbocycles. The van der Waals surface area contributed by atoms with Crippen LogP contribution >= 0.6 is 0 Å². The Hall–Kier alpha value is -2.20. The number of hydrogen-bond acceptors (Lipinski definition) is 9. The monoisotopic (exact) mass is 1040 g/mol. The minimum absolute atomic E-state index is 0.00979. The number of carboxylic acids is 1. The van der Waals surface area contributed by atoms with Crippen LogP contribution < -0.4 is 0 Å². The maximum absolute atomic E-state index is 14.7. The molecule has 0 radical (unpaired) electrons. The molecule has 74 heavy (non-hydrogen) atoms. The molecule has 0 aromatic rings. The molecule has 0 aliphatic carbocycles. The zero-order chi connectivity index (χ0) is 55.4. The van der Waals surface area contributed by atoms with Crippen LogP contribution in [-0.2, 0) is 33.6 Å². The molecule has 434 valence electrons. The van der Waals surface area contributed by atoms with Gasteiger partial charge in [0.15, 0.2) is 0 Å². The molecule has 0 aromatic heterocycles. The third-order valence-electron chi connectivity index (χ3n) is 19.7. The van der Waals surface area contributed by atoms with Crippen molar-refractivity contribution in [2.45, 2.75) is 356 Å². The number of nitrogens with zero attached hydrogens (tertiary/aromatic N) is 2. The highest BCUT2D eigenvalue weighted by atomic mass is 16.7. The van der Waals surface area contributed by atoms with E-state index >= 15 is 0 Å². The van der Waals surface area contributed by atoms with E-state index in [-0.39, 0.29) is 35.7 Å². The van der Waals surface area contributed by atoms with Gasteiger partial charge in [0.2, 0.25) is 0 Å². The summed E-state index contributed by atoms with van der Waals surface area (Å²) in [6, 6.07) is 0. The molecule has 10 unspecified atom stereocenters. The number of esters is 1. The molecule has 2 aliphatic heterocycles. The molecule has 10 nitrogen and oxygen atoms in total. The number of hydrogen-bond donors (Lipinski definition) is 1. The Balaban J connectivity index is 2.32. The number of piperidine rings is 2. The Bertz CT molecular complexity index is 1590. The smallest absolute Gasteiger partial charge is 0.322 e. The topological polar surface area (TPSA) is 123 Å². The van der Waals surface area contributed by atoms with Crippen molar-refractivity contribution >= 4 is 23.9 Å². The third kappa shape index (κ3) is 20.2. The van der Waals surface area contributed by atoms with Crippen LogP contribution in [0.4, 0.5) is 0 Å². The maximum atomic E-state index is 14.7. The summed E-state index contributed by atoms with van der Waals surface area (Å²) >= 11 is 0. The summed E-state index contributed by atoms with van der Waals surface area (Å²) in [4.78, 5) is 63.7. The van der Waals surface area contributed by atoms with Gasteiger partial charge in [-0.1, -0.05) is 222 Å². The molecule has 2 saturated heterocycles. The van der Waals surface area contributed by atoms with Crippen molar-refractivity contribution in [1.29, 1.82) is 0 Å². The van der Waals surface area contributed by atoms with Gasteiger partial charge in [0, 0.05) is 44.9 Å². The van der Waals surface area contributed by atoms with Crippen LogP contribution in [0.25, 0.3) is 0 Å². The Morgan fingerprint density at radius 2 is 0.865 bits per heavy atom. The highest BCUT2D eigenvalue weighted by molar-refractivity contribution is 5.70. The van der Waals surface area contributed by atoms with Gasteiger partial charge in [-0.15, -0.1) is 10.1 Å². The highest BCUT2D eigenvalue weighted by Gasteiger charge is 2.69. The normalized spacial score (nSPS) is 28.4. The van der Waals surface area contributed by atoms with E-state index in [2.05, 4.69) is 83.1 Å². The molecule has 10 heteroatoms. The lowest BCUT2D eigenvalue weighted by molar-refractivity contribution is -0.345. The molecule has 2 heterocycles. The second kappa shape index (κ2) is 34.6. The van der Waals surface area contributed by atoms with Crippen LogP contribution in [0.2, 0.25) is 0 Å². The molecule has 10 atom stereocenters. The largest absolute Gasteiger partial charge is 0.481 e. The third-order valence-corrected chi connectivity index (χ3v) is 19.7. The average molecular weight is 1050 g/mol. The van der Waals surface area contributed by atoms with Crippen LogP contribution in [0.3, 0.4) is 0 Å². The molecular weight excluding hydrogens is 925 g/mol. The van der Waals surface area contributed by atoms with E-state index in [4.69, 9.17) is 19.5 Å². The summed E-state index contributed by atoms with van der Waals surface area (Å²) in [5.41, 5.74) is -3.15. The molecule has 0 bridgehead atoms. The van der Waals surface area contributed by atoms with E-state index in [1.807, 2.05) is 10.1 Å². The van der Waals surface area contributed by atoms with Crippen LogP contribution in [-0.4, -0.2) is 66.9 Å². The van der Waals surface area contributed by atoms with Crippen molar-refractivity contribution in [3.63, 3.8) is 0 Å². The zero-order valence-electron chi connectivity index (χ0n) is 51.0. The maximum Gasteiger partial charge on any atom is 0.322 e. The fourth-order valence-electron chi connectivity index (χ4n) is 14.2. The number of carbonyl (C=O) groups excluding carboxylic acids is 3. The molecular formula is C64H120N2O8. The lowest BCUT2D eigenvalue weighted by atomic mass is 9.51. The fraction of sp³-hybridized carbons (Fsp3) is 0.938. The standard InChI is InChI=1S/C64H120N2O8/c1-15-21-23-25-27-31-37-43-55(45-39-33-29-35-41-47-58(69)70)56(44-38-32-28-26-24-22-16-2)46-40-34-30-36-42-48-59(71)72-64(50-61(12,18-4)66(74-54(10)68)63(14,20-6)52(64)8)57-49-60(11,17-3)65(73-53(9)67)62(13,19-5)51(57)7/h51-52,55-57H,15-50H2,1-14H3,(H,69,70). The van der Waals surface area contributed by atoms with Gasteiger partial charge in [0.05, 0.1) is 22.2 Å². The molecule has 0 amide bonds. The van der Waals surface area contributed by atoms with Crippen LogP contribution in [0.5, 0.6) is 0 Å². The quantitative estimate of drug-likeness (QED) is 0.0468. The first-order chi connectivity index (χ1) is 35.1. The van der Waals surface area contributed by atoms with Gasteiger partial charge in [-0.05, 0) is 90.4 Å². The van der Waals surface area contributed by atoms with Crippen molar-refractivity contribution < 1.29 is 38.7 Å². The number of rotatable bonds is 41. The van der Waals surface area contributed by atoms with Gasteiger partial charge in [-0.2, -0.15) is 0 Å². The van der Waals surface area contributed by atoms with E-state index in [1.165, 1.54) is 155 Å². The molecule has 2 rings (SSSR count). The predicted molar refractivity (Wildman–Crippen MR) is 306 cm³/mol. The minimum atomic E-state index is -0.881. The second-order valence-corrected chi connectivity index (χ2v) is 25.2. The van der Waals surface area contributed by atoms with Crippen molar-refractivity contribution in [2.24, 2.45) is 29.6 Å².